The first-order valence-electron chi connectivity index (χ1n) is 10.7. The third kappa shape index (κ3) is 6.43. The van der Waals surface area contributed by atoms with Crippen molar-refractivity contribution in [3.63, 3.8) is 0 Å². The third-order valence-corrected chi connectivity index (χ3v) is 5.60. The maximum Gasteiger partial charge on any atom is 0.221 e. The Morgan fingerprint density at radius 3 is 2.50 bits per heavy atom. The highest BCUT2D eigenvalue weighted by Gasteiger charge is 2.23. The first-order valence-corrected chi connectivity index (χ1v) is 10.7. The normalized spacial score (nSPS) is 19.3. The molecule has 1 aromatic rings. The Balaban J connectivity index is 1.34. The van der Waals surface area contributed by atoms with Crippen LogP contribution in [0.1, 0.15) is 51.4 Å². The molecule has 0 spiro atoms. The van der Waals surface area contributed by atoms with Gasteiger partial charge in [-0.15, -0.1) is 0 Å². The van der Waals surface area contributed by atoms with Crippen LogP contribution in [0.25, 0.3) is 0 Å². The second-order valence-electron chi connectivity index (χ2n) is 7.74. The fourth-order valence-electron chi connectivity index (χ4n) is 4.04. The molecule has 1 heterocycles. The highest BCUT2D eigenvalue weighted by atomic mass is 16.5. The molecule has 0 aromatic heterocycles. The Labute approximate surface area is 168 Å². The fraction of sp³-hybridized carbons (Fsp3) is 0.636. The monoisotopic (exact) mass is 386 g/mol. The van der Waals surface area contributed by atoms with E-state index in [1.165, 1.54) is 19.3 Å². The van der Waals surface area contributed by atoms with Crippen LogP contribution in [-0.4, -0.2) is 55.6 Å². The van der Waals surface area contributed by atoms with E-state index in [4.69, 9.17) is 4.74 Å². The van der Waals surface area contributed by atoms with Gasteiger partial charge in [0.25, 0.3) is 0 Å². The number of aliphatic imine (C=N–C) groups is 1. The number of benzene rings is 1. The molecule has 0 atom stereocenters. The predicted molar refractivity (Wildman–Crippen MR) is 113 cm³/mol. The smallest absolute Gasteiger partial charge is 0.221 e. The van der Waals surface area contributed by atoms with Crippen LogP contribution in [0.5, 0.6) is 5.75 Å². The molecule has 1 saturated carbocycles. The van der Waals surface area contributed by atoms with Crippen molar-refractivity contribution in [2.24, 2.45) is 4.99 Å². The van der Waals surface area contributed by atoms with Gasteiger partial charge in [0.2, 0.25) is 5.91 Å². The van der Waals surface area contributed by atoms with Crippen LogP contribution in [0, 0.1) is 0 Å². The number of hydrogen-bond donors (Lipinski definition) is 2. The van der Waals surface area contributed by atoms with Crippen molar-refractivity contribution in [3.05, 3.63) is 30.3 Å². The number of nitrogens with zero attached hydrogens (tertiary/aromatic N) is 2. The zero-order chi connectivity index (χ0) is 19.6. The minimum Gasteiger partial charge on any atom is -0.490 e. The van der Waals surface area contributed by atoms with Gasteiger partial charge in [-0.1, -0.05) is 37.5 Å². The number of carbonyl (C=O) groups excluding carboxylic acids is 1. The number of guanidine groups is 1. The number of rotatable bonds is 6. The summed E-state index contributed by atoms with van der Waals surface area (Å²) in [7, 11) is 1.80. The maximum absolute atomic E-state index is 12.2. The number of para-hydroxylation sites is 1. The van der Waals surface area contributed by atoms with E-state index in [9.17, 15) is 4.79 Å². The summed E-state index contributed by atoms with van der Waals surface area (Å²) in [4.78, 5) is 18.8. The summed E-state index contributed by atoms with van der Waals surface area (Å²) in [5.41, 5.74) is 0. The average Bonchev–Trinajstić information content (AvgIpc) is 2.73. The first kappa shape index (κ1) is 20.5. The van der Waals surface area contributed by atoms with Gasteiger partial charge in [-0.2, -0.15) is 0 Å². The standard InChI is InChI=1S/C22H34N4O2/c1-23-22(24-15-12-21(27)25-18-8-4-2-5-9-18)26-16-13-20(14-17-26)28-19-10-6-3-7-11-19/h3,6-7,10-11,18,20H,2,4-5,8-9,12-17H2,1H3,(H,23,24)(H,25,27). The van der Waals surface area contributed by atoms with E-state index in [0.717, 1.165) is 50.5 Å². The summed E-state index contributed by atoms with van der Waals surface area (Å²) in [6.45, 7) is 2.43. The summed E-state index contributed by atoms with van der Waals surface area (Å²) in [6.07, 6.45) is 8.70. The molecule has 2 fully saturated rings. The zero-order valence-corrected chi connectivity index (χ0v) is 17.0. The molecule has 154 valence electrons. The summed E-state index contributed by atoms with van der Waals surface area (Å²) < 4.78 is 6.06. The number of carbonyl (C=O) groups is 1. The Morgan fingerprint density at radius 1 is 1.11 bits per heavy atom. The molecule has 1 aromatic carbocycles. The third-order valence-electron chi connectivity index (χ3n) is 5.60. The van der Waals surface area contributed by atoms with Crippen molar-refractivity contribution in [2.45, 2.75) is 63.5 Å². The van der Waals surface area contributed by atoms with Crippen LogP contribution < -0.4 is 15.4 Å². The molecule has 0 unspecified atom stereocenters. The van der Waals surface area contributed by atoms with Crippen molar-refractivity contribution >= 4 is 11.9 Å². The summed E-state index contributed by atoms with van der Waals surface area (Å²) in [5.74, 6) is 1.96. The highest BCUT2D eigenvalue weighted by Crippen LogP contribution is 2.19. The lowest BCUT2D eigenvalue weighted by molar-refractivity contribution is -0.121. The molecule has 6 nitrogen and oxygen atoms in total. The predicted octanol–water partition coefficient (Wildman–Crippen LogP) is 2.94. The van der Waals surface area contributed by atoms with E-state index in [1.807, 2.05) is 30.3 Å². The van der Waals surface area contributed by atoms with E-state index in [-0.39, 0.29) is 12.0 Å². The Kier molecular flexibility index (Phi) is 8.00. The summed E-state index contributed by atoms with van der Waals surface area (Å²) in [5, 5.41) is 6.52. The van der Waals surface area contributed by atoms with Crippen molar-refractivity contribution in [1.82, 2.24) is 15.5 Å². The van der Waals surface area contributed by atoms with E-state index in [1.54, 1.807) is 7.05 Å². The Hall–Kier alpha value is -2.24. The zero-order valence-electron chi connectivity index (χ0n) is 17.0. The minimum absolute atomic E-state index is 0.143. The number of piperidine rings is 1. The van der Waals surface area contributed by atoms with Gasteiger partial charge in [0, 0.05) is 52.0 Å². The van der Waals surface area contributed by atoms with Crippen molar-refractivity contribution in [3.8, 4) is 5.75 Å². The lowest BCUT2D eigenvalue weighted by atomic mass is 9.95. The number of nitrogens with one attached hydrogen (secondary N) is 2. The first-order chi connectivity index (χ1) is 13.7. The van der Waals surface area contributed by atoms with E-state index >= 15 is 0 Å². The van der Waals surface area contributed by atoms with Gasteiger partial charge in [-0.25, -0.2) is 0 Å². The van der Waals surface area contributed by atoms with Gasteiger partial charge in [0.05, 0.1) is 0 Å². The summed E-state index contributed by atoms with van der Waals surface area (Å²) in [6, 6.07) is 10.4. The quantitative estimate of drug-likeness (QED) is 0.583. The van der Waals surface area contributed by atoms with Crippen molar-refractivity contribution in [2.75, 3.05) is 26.7 Å². The van der Waals surface area contributed by atoms with Gasteiger partial charge in [0.1, 0.15) is 11.9 Å². The number of ether oxygens (including phenoxy) is 1. The molecular formula is C22H34N4O2. The van der Waals surface area contributed by atoms with Crippen molar-refractivity contribution in [1.29, 1.82) is 0 Å². The maximum atomic E-state index is 12.2. The van der Waals surface area contributed by atoms with E-state index in [2.05, 4.69) is 20.5 Å². The Bertz CT molecular complexity index is 621. The minimum atomic E-state index is 0.143. The van der Waals surface area contributed by atoms with Gasteiger partial charge >= 0.3 is 0 Å². The molecule has 2 aliphatic rings. The van der Waals surface area contributed by atoms with Gasteiger partial charge < -0.3 is 20.3 Å². The second kappa shape index (κ2) is 10.9. The molecule has 3 rings (SSSR count). The van der Waals surface area contributed by atoms with Crippen LogP contribution in [0.15, 0.2) is 35.3 Å². The molecule has 0 radical (unpaired) electrons. The topological polar surface area (TPSA) is 66.0 Å². The molecule has 1 saturated heterocycles. The van der Waals surface area contributed by atoms with Gasteiger partial charge in [0.15, 0.2) is 5.96 Å². The highest BCUT2D eigenvalue weighted by molar-refractivity contribution is 5.81. The summed E-state index contributed by atoms with van der Waals surface area (Å²) >= 11 is 0. The molecular weight excluding hydrogens is 352 g/mol. The molecule has 1 aliphatic carbocycles. The van der Waals surface area contributed by atoms with Crippen LogP contribution >= 0.6 is 0 Å². The van der Waals surface area contributed by atoms with Crippen LogP contribution in [0.4, 0.5) is 0 Å². The van der Waals surface area contributed by atoms with Crippen LogP contribution in [-0.2, 0) is 4.79 Å². The molecule has 6 heteroatoms. The number of likely N-dealkylation sites (tertiary alicyclic amines) is 1. The Morgan fingerprint density at radius 2 is 1.82 bits per heavy atom. The van der Waals surface area contributed by atoms with Gasteiger partial charge in [-0.05, 0) is 25.0 Å². The van der Waals surface area contributed by atoms with E-state index < -0.39 is 0 Å². The van der Waals surface area contributed by atoms with Crippen LogP contribution in [0.3, 0.4) is 0 Å². The number of hydrogen-bond acceptors (Lipinski definition) is 3. The average molecular weight is 387 g/mol. The number of amides is 1. The van der Waals surface area contributed by atoms with Crippen molar-refractivity contribution < 1.29 is 9.53 Å². The molecule has 28 heavy (non-hydrogen) atoms. The second-order valence-corrected chi connectivity index (χ2v) is 7.74. The van der Waals surface area contributed by atoms with E-state index in [0.29, 0.717) is 19.0 Å². The molecule has 0 bridgehead atoms. The largest absolute Gasteiger partial charge is 0.490 e. The SMILES string of the molecule is CN=C(NCCC(=O)NC1CCCCC1)N1CCC(Oc2ccccc2)CC1. The van der Waals surface area contributed by atoms with Crippen LogP contribution in [0.2, 0.25) is 0 Å². The van der Waals surface area contributed by atoms with Gasteiger partial charge in [-0.3, -0.25) is 9.79 Å². The molecule has 2 N–H and O–H groups in total. The lowest BCUT2D eigenvalue weighted by Crippen LogP contribution is -2.48. The lowest BCUT2D eigenvalue weighted by Gasteiger charge is -2.34. The molecule has 1 aliphatic heterocycles. The fourth-order valence-corrected chi connectivity index (χ4v) is 4.04. The molecule has 1 amide bonds.